The molecule has 0 aliphatic carbocycles. The molecular formula is C17H15ClN6O3. The Hall–Kier alpha value is -3.43. The first-order valence-corrected chi connectivity index (χ1v) is 8.16. The molecule has 0 spiro atoms. The maximum Gasteiger partial charge on any atom is 0.256 e. The van der Waals surface area contributed by atoms with Crippen LogP contribution in [0.2, 0.25) is 5.02 Å². The molecule has 9 nitrogen and oxygen atoms in total. The molecule has 1 amide bonds. The van der Waals surface area contributed by atoms with Crippen LogP contribution in [0.3, 0.4) is 0 Å². The van der Waals surface area contributed by atoms with Crippen LogP contribution in [-0.4, -0.2) is 27.3 Å². The van der Waals surface area contributed by atoms with Crippen LogP contribution in [0, 0.1) is 0 Å². The van der Waals surface area contributed by atoms with Crippen LogP contribution in [0.4, 0.5) is 11.5 Å². The van der Waals surface area contributed by atoms with Crippen LogP contribution < -0.4 is 16.4 Å². The van der Waals surface area contributed by atoms with Crippen LogP contribution in [-0.2, 0) is 6.54 Å². The molecule has 10 heteroatoms. The highest BCUT2D eigenvalue weighted by Gasteiger charge is 2.20. The Bertz CT molecular complexity index is 971. The summed E-state index contributed by atoms with van der Waals surface area (Å²) < 4.78 is 4.67. The van der Waals surface area contributed by atoms with E-state index in [2.05, 4.69) is 30.7 Å². The van der Waals surface area contributed by atoms with E-state index in [4.69, 9.17) is 17.3 Å². The topological polar surface area (TPSA) is 139 Å². The molecule has 138 valence electrons. The molecule has 27 heavy (non-hydrogen) atoms. The minimum atomic E-state index is -0.435. The molecule has 3 rings (SSSR count). The lowest BCUT2D eigenvalue weighted by atomic mass is 10.1. The molecular weight excluding hydrogens is 372 g/mol. The molecule has 1 aromatic heterocycles. The van der Waals surface area contributed by atoms with Crippen molar-refractivity contribution in [2.75, 3.05) is 10.6 Å². The number of rotatable bonds is 5. The number of hydrogen-bond acceptors (Lipinski definition) is 7. The van der Waals surface area contributed by atoms with Gasteiger partial charge in [-0.3, -0.25) is 4.79 Å². The monoisotopic (exact) mass is 386 g/mol. The molecule has 0 radical (unpaired) electrons. The first-order valence-electron chi connectivity index (χ1n) is 7.78. The number of carbonyl (C=O) groups is 1. The van der Waals surface area contributed by atoms with Crippen LogP contribution in [0.5, 0.6) is 0 Å². The fourth-order valence-corrected chi connectivity index (χ4v) is 2.42. The SMILES string of the molecule is NCc1ccc(C(=O)Nc2nonc2/C(=N\O)Nc2cccc(Cl)c2)cc1. The van der Waals surface area contributed by atoms with E-state index < -0.39 is 5.91 Å². The first kappa shape index (κ1) is 18.4. The number of nitrogens with two attached hydrogens (primary N) is 1. The van der Waals surface area contributed by atoms with Crippen molar-refractivity contribution < 1.29 is 14.6 Å². The zero-order valence-electron chi connectivity index (χ0n) is 13.9. The minimum absolute atomic E-state index is 0.00905. The molecule has 5 N–H and O–H groups in total. The van der Waals surface area contributed by atoms with Gasteiger partial charge in [0.15, 0.2) is 5.69 Å². The number of anilines is 2. The summed E-state index contributed by atoms with van der Waals surface area (Å²) in [6, 6.07) is 13.5. The fraction of sp³-hybridized carbons (Fsp3) is 0.0588. The second-order valence-corrected chi connectivity index (χ2v) is 5.84. The molecule has 0 fully saturated rings. The maximum absolute atomic E-state index is 12.4. The molecule has 1 heterocycles. The number of carbonyl (C=O) groups excluding carboxylic acids is 1. The largest absolute Gasteiger partial charge is 0.409 e. The molecule has 0 bridgehead atoms. The van der Waals surface area contributed by atoms with Crippen LogP contribution in [0.1, 0.15) is 21.6 Å². The van der Waals surface area contributed by atoms with E-state index in [1.54, 1.807) is 48.5 Å². The second-order valence-electron chi connectivity index (χ2n) is 5.40. The van der Waals surface area contributed by atoms with Gasteiger partial charge in [-0.1, -0.05) is 35.0 Å². The highest BCUT2D eigenvalue weighted by molar-refractivity contribution is 6.31. The maximum atomic E-state index is 12.4. The Balaban J connectivity index is 1.78. The van der Waals surface area contributed by atoms with Crippen LogP contribution >= 0.6 is 11.6 Å². The van der Waals surface area contributed by atoms with Gasteiger partial charge in [0.1, 0.15) is 0 Å². The third kappa shape index (κ3) is 4.40. The van der Waals surface area contributed by atoms with E-state index in [0.29, 0.717) is 22.8 Å². The quantitative estimate of drug-likeness (QED) is 0.229. The summed E-state index contributed by atoms with van der Waals surface area (Å²) in [5, 5.41) is 25.7. The third-order valence-corrected chi connectivity index (χ3v) is 3.82. The van der Waals surface area contributed by atoms with Gasteiger partial charge in [-0.15, -0.1) is 0 Å². The Morgan fingerprint density at radius 3 is 2.63 bits per heavy atom. The Kier molecular flexibility index (Phi) is 5.64. The zero-order valence-corrected chi connectivity index (χ0v) is 14.6. The summed E-state index contributed by atoms with van der Waals surface area (Å²) in [4.78, 5) is 12.4. The van der Waals surface area contributed by atoms with Gasteiger partial charge < -0.3 is 21.6 Å². The summed E-state index contributed by atoms with van der Waals surface area (Å²) in [5.74, 6) is -0.520. The lowest BCUT2D eigenvalue weighted by molar-refractivity contribution is 0.102. The highest BCUT2D eigenvalue weighted by atomic mass is 35.5. The lowest BCUT2D eigenvalue weighted by Gasteiger charge is -2.08. The molecule has 0 saturated carbocycles. The standard InChI is InChI=1S/C17H15ClN6O3/c18-12-2-1-3-13(8-12)20-15(22-26)14-16(24-27-23-14)21-17(25)11-6-4-10(9-19)5-7-11/h1-8,26H,9,19H2,(H,20,22)(H,21,24,25). The predicted octanol–water partition coefficient (Wildman–Crippen LogP) is 2.68. The minimum Gasteiger partial charge on any atom is -0.409 e. The summed E-state index contributed by atoms with van der Waals surface area (Å²) in [6.45, 7) is 0.380. The number of benzene rings is 2. The van der Waals surface area contributed by atoms with Crippen molar-refractivity contribution in [1.82, 2.24) is 10.3 Å². The molecule has 2 aromatic carbocycles. The van der Waals surface area contributed by atoms with Gasteiger partial charge in [-0.2, -0.15) is 0 Å². The number of halogens is 1. The number of hydrogen-bond donors (Lipinski definition) is 4. The molecule has 0 atom stereocenters. The van der Waals surface area contributed by atoms with Crippen molar-refractivity contribution in [2.45, 2.75) is 6.54 Å². The normalized spacial score (nSPS) is 11.3. The van der Waals surface area contributed by atoms with E-state index in [1.165, 1.54) is 0 Å². The number of oxime groups is 1. The summed E-state index contributed by atoms with van der Waals surface area (Å²) in [7, 11) is 0. The number of nitrogens with zero attached hydrogens (tertiary/aromatic N) is 3. The zero-order chi connectivity index (χ0) is 19.2. The van der Waals surface area contributed by atoms with Crippen molar-refractivity contribution in [3.05, 3.63) is 70.4 Å². The fourth-order valence-electron chi connectivity index (χ4n) is 2.23. The summed E-state index contributed by atoms with van der Waals surface area (Å²) in [5.41, 5.74) is 7.40. The van der Waals surface area contributed by atoms with Gasteiger partial charge in [0.05, 0.1) is 0 Å². The van der Waals surface area contributed by atoms with Gasteiger partial charge >= 0.3 is 0 Å². The third-order valence-electron chi connectivity index (χ3n) is 3.58. The lowest BCUT2D eigenvalue weighted by Crippen LogP contribution is -2.19. The van der Waals surface area contributed by atoms with Gasteiger partial charge in [-0.05, 0) is 46.2 Å². The number of amidine groups is 1. The number of amides is 1. The number of nitrogens with one attached hydrogen (secondary N) is 2. The van der Waals surface area contributed by atoms with Gasteiger partial charge in [0, 0.05) is 22.8 Å². The van der Waals surface area contributed by atoms with E-state index in [-0.39, 0.29) is 17.3 Å². The average Bonchev–Trinajstić information content (AvgIpc) is 3.14. The van der Waals surface area contributed by atoms with Crippen LogP contribution in [0.25, 0.3) is 0 Å². The summed E-state index contributed by atoms with van der Waals surface area (Å²) in [6.07, 6.45) is 0. The summed E-state index contributed by atoms with van der Waals surface area (Å²) >= 11 is 5.93. The van der Waals surface area contributed by atoms with Crippen molar-refractivity contribution in [2.24, 2.45) is 10.9 Å². The first-order chi connectivity index (χ1) is 13.1. The van der Waals surface area contributed by atoms with Gasteiger partial charge in [0.2, 0.25) is 11.7 Å². The Morgan fingerprint density at radius 2 is 1.96 bits per heavy atom. The Morgan fingerprint density at radius 1 is 1.19 bits per heavy atom. The van der Waals surface area contributed by atoms with E-state index in [0.717, 1.165) is 5.56 Å². The highest BCUT2D eigenvalue weighted by Crippen LogP contribution is 2.18. The van der Waals surface area contributed by atoms with E-state index in [1.807, 2.05) is 0 Å². The van der Waals surface area contributed by atoms with Crippen molar-refractivity contribution >= 4 is 34.8 Å². The molecule has 0 saturated heterocycles. The molecule has 0 unspecified atom stereocenters. The molecule has 0 aliphatic rings. The molecule has 3 aromatic rings. The van der Waals surface area contributed by atoms with E-state index in [9.17, 15) is 10.0 Å². The second kappa shape index (κ2) is 8.30. The van der Waals surface area contributed by atoms with Gasteiger partial charge in [-0.25, -0.2) is 4.63 Å². The predicted molar refractivity (Wildman–Crippen MR) is 100.0 cm³/mol. The van der Waals surface area contributed by atoms with Crippen molar-refractivity contribution in [3.8, 4) is 0 Å². The van der Waals surface area contributed by atoms with Crippen molar-refractivity contribution in [1.29, 1.82) is 0 Å². The molecule has 0 aliphatic heterocycles. The van der Waals surface area contributed by atoms with Gasteiger partial charge in [0.25, 0.3) is 5.91 Å². The van der Waals surface area contributed by atoms with Crippen LogP contribution in [0.15, 0.2) is 58.3 Å². The average molecular weight is 387 g/mol. The van der Waals surface area contributed by atoms with E-state index >= 15 is 0 Å². The van der Waals surface area contributed by atoms with Crippen molar-refractivity contribution in [3.63, 3.8) is 0 Å². The Labute approximate surface area is 158 Å². The number of aromatic nitrogens is 2. The smallest absolute Gasteiger partial charge is 0.256 e.